The van der Waals surface area contributed by atoms with E-state index in [1.807, 2.05) is 12.1 Å². The highest BCUT2D eigenvalue weighted by molar-refractivity contribution is 7.89. The zero-order valence-corrected chi connectivity index (χ0v) is 16.7. The minimum absolute atomic E-state index is 0.265. The van der Waals surface area contributed by atoms with Gasteiger partial charge in [-0.15, -0.1) is 0 Å². The number of rotatable bonds is 7. The molecule has 0 unspecified atom stereocenters. The Kier molecular flexibility index (Phi) is 5.28. The van der Waals surface area contributed by atoms with Crippen LogP contribution in [0.25, 0.3) is 0 Å². The van der Waals surface area contributed by atoms with Gasteiger partial charge in [-0.3, -0.25) is 5.10 Å². The summed E-state index contributed by atoms with van der Waals surface area (Å²) in [5.41, 5.74) is 4.79. The van der Waals surface area contributed by atoms with E-state index in [1.165, 1.54) is 16.7 Å². The lowest BCUT2D eigenvalue weighted by molar-refractivity contribution is 0.580. The molecule has 1 aromatic heterocycles. The van der Waals surface area contributed by atoms with Crippen LogP contribution in [0.4, 0.5) is 0 Å². The number of aromatic nitrogens is 3. The van der Waals surface area contributed by atoms with E-state index in [-0.39, 0.29) is 6.54 Å². The van der Waals surface area contributed by atoms with Crippen LogP contribution in [0, 0.1) is 6.92 Å². The van der Waals surface area contributed by atoms with Gasteiger partial charge in [0.05, 0.1) is 4.90 Å². The Balaban J connectivity index is 1.34. The summed E-state index contributed by atoms with van der Waals surface area (Å²) in [4.78, 5) is 4.81. The maximum atomic E-state index is 12.5. The van der Waals surface area contributed by atoms with Crippen molar-refractivity contribution in [2.24, 2.45) is 0 Å². The van der Waals surface area contributed by atoms with Crippen molar-refractivity contribution < 1.29 is 8.42 Å². The summed E-state index contributed by atoms with van der Waals surface area (Å²) < 4.78 is 27.7. The summed E-state index contributed by atoms with van der Waals surface area (Å²) in [5.74, 6) is 1.39. The van der Waals surface area contributed by atoms with Gasteiger partial charge in [0, 0.05) is 19.4 Å². The molecule has 0 spiro atoms. The first kappa shape index (κ1) is 18.8. The molecule has 0 aliphatic heterocycles. The molecule has 28 heavy (non-hydrogen) atoms. The third-order valence-electron chi connectivity index (χ3n) is 5.05. The second-order valence-corrected chi connectivity index (χ2v) is 9.06. The standard InChI is InChI=1S/C21H24N4O2S/c1-15-4-2-5-16(12-15)13-21-23-20(24-25-21)10-11-22-28(26,27)19-9-8-17-6-3-7-18(17)14-19/h2,4-5,8-9,12,14,22H,3,6-7,10-11,13H2,1H3,(H,23,24,25). The number of H-pyrrole nitrogens is 1. The highest BCUT2D eigenvalue weighted by Gasteiger charge is 2.18. The van der Waals surface area contributed by atoms with Crippen LogP contribution in [0.2, 0.25) is 0 Å². The van der Waals surface area contributed by atoms with Crippen molar-refractivity contribution in [1.29, 1.82) is 0 Å². The molecule has 0 saturated carbocycles. The van der Waals surface area contributed by atoms with Crippen molar-refractivity contribution in [2.45, 2.75) is 43.9 Å². The molecule has 2 aromatic carbocycles. The van der Waals surface area contributed by atoms with Gasteiger partial charge in [0.15, 0.2) is 5.82 Å². The van der Waals surface area contributed by atoms with Crippen molar-refractivity contribution in [3.8, 4) is 0 Å². The average Bonchev–Trinajstić information content (AvgIpc) is 3.30. The number of sulfonamides is 1. The molecule has 7 heteroatoms. The first-order chi connectivity index (χ1) is 13.5. The number of hydrogen-bond acceptors (Lipinski definition) is 4. The first-order valence-electron chi connectivity index (χ1n) is 9.57. The Morgan fingerprint density at radius 1 is 1.11 bits per heavy atom. The Labute approximate surface area is 165 Å². The fourth-order valence-electron chi connectivity index (χ4n) is 3.64. The van der Waals surface area contributed by atoms with E-state index in [4.69, 9.17) is 0 Å². The first-order valence-corrected chi connectivity index (χ1v) is 11.0. The van der Waals surface area contributed by atoms with Crippen molar-refractivity contribution in [3.63, 3.8) is 0 Å². The van der Waals surface area contributed by atoms with Crippen LogP contribution >= 0.6 is 0 Å². The fraction of sp³-hybridized carbons (Fsp3) is 0.333. The number of nitrogens with zero attached hydrogens (tertiary/aromatic N) is 2. The number of aryl methyl sites for hydroxylation is 3. The molecular weight excluding hydrogens is 372 g/mol. The predicted molar refractivity (Wildman–Crippen MR) is 108 cm³/mol. The van der Waals surface area contributed by atoms with Gasteiger partial charge in [0.1, 0.15) is 5.82 Å². The Morgan fingerprint density at radius 3 is 2.82 bits per heavy atom. The summed E-state index contributed by atoms with van der Waals surface area (Å²) >= 11 is 0. The molecule has 0 radical (unpaired) electrons. The molecule has 1 heterocycles. The van der Waals surface area contributed by atoms with Crippen LogP contribution in [0.15, 0.2) is 47.4 Å². The molecule has 0 saturated heterocycles. The van der Waals surface area contributed by atoms with Crippen LogP contribution in [0.1, 0.15) is 40.3 Å². The molecule has 1 aliphatic rings. The second-order valence-electron chi connectivity index (χ2n) is 7.30. The van der Waals surface area contributed by atoms with Crippen LogP contribution in [-0.4, -0.2) is 30.1 Å². The molecule has 1 aliphatic carbocycles. The topological polar surface area (TPSA) is 87.7 Å². The molecule has 0 atom stereocenters. The predicted octanol–water partition coefficient (Wildman–Crippen LogP) is 2.71. The summed E-state index contributed by atoms with van der Waals surface area (Å²) in [6.45, 7) is 2.32. The third-order valence-corrected chi connectivity index (χ3v) is 6.51. The largest absolute Gasteiger partial charge is 0.263 e. The maximum Gasteiger partial charge on any atom is 0.240 e. The Hall–Kier alpha value is -2.51. The van der Waals surface area contributed by atoms with Gasteiger partial charge >= 0.3 is 0 Å². The second kappa shape index (κ2) is 7.85. The van der Waals surface area contributed by atoms with Gasteiger partial charge in [0.2, 0.25) is 10.0 Å². The molecular formula is C21H24N4O2S. The third kappa shape index (κ3) is 4.31. The van der Waals surface area contributed by atoms with Gasteiger partial charge in [-0.25, -0.2) is 18.1 Å². The minimum atomic E-state index is -3.51. The van der Waals surface area contributed by atoms with E-state index >= 15 is 0 Å². The molecule has 2 N–H and O–H groups in total. The molecule has 146 valence electrons. The number of fused-ring (bicyclic) bond motifs is 1. The van der Waals surface area contributed by atoms with Crippen molar-refractivity contribution in [3.05, 3.63) is 76.4 Å². The molecule has 0 amide bonds. The minimum Gasteiger partial charge on any atom is -0.263 e. The maximum absolute atomic E-state index is 12.5. The van der Waals surface area contributed by atoms with Crippen molar-refractivity contribution in [1.82, 2.24) is 19.9 Å². The van der Waals surface area contributed by atoms with E-state index in [9.17, 15) is 8.42 Å². The SMILES string of the molecule is Cc1cccc(Cc2nc(CCNS(=O)(=O)c3ccc4c(c3)CCC4)n[nH]2)c1. The van der Waals surface area contributed by atoms with Gasteiger partial charge in [0.25, 0.3) is 0 Å². The normalized spacial score (nSPS) is 13.6. The highest BCUT2D eigenvalue weighted by atomic mass is 32.2. The zero-order chi connectivity index (χ0) is 19.6. The number of benzene rings is 2. The molecule has 3 aromatic rings. The molecule has 4 rings (SSSR count). The molecule has 0 fully saturated rings. The zero-order valence-electron chi connectivity index (χ0n) is 15.9. The van der Waals surface area contributed by atoms with E-state index in [1.54, 1.807) is 12.1 Å². The summed E-state index contributed by atoms with van der Waals surface area (Å²) in [7, 11) is -3.51. The monoisotopic (exact) mass is 396 g/mol. The van der Waals surface area contributed by atoms with Crippen LogP contribution < -0.4 is 4.72 Å². The van der Waals surface area contributed by atoms with Gasteiger partial charge in [-0.2, -0.15) is 5.10 Å². The van der Waals surface area contributed by atoms with E-state index < -0.39 is 10.0 Å². The summed E-state index contributed by atoms with van der Waals surface area (Å²) in [6.07, 6.45) is 4.21. The highest BCUT2D eigenvalue weighted by Crippen LogP contribution is 2.24. The van der Waals surface area contributed by atoms with Crippen molar-refractivity contribution >= 4 is 10.0 Å². The quantitative estimate of drug-likeness (QED) is 0.643. The fourth-order valence-corrected chi connectivity index (χ4v) is 4.72. The smallest absolute Gasteiger partial charge is 0.240 e. The number of hydrogen-bond donors (Lipinski definition) is 2. The molecule has 6 nitrogen and oxygen atoms in total. The summed E-state index contributed by atoms with van der Waals surface area (Å²) in [6, 6.07) is 13.7. The average molecular weight is 397 g/mol. The lowest BCUT2D eigenvalue weighted by Gasteiger charge is -2.07. The lowest BCUT2D eigenvalue weighted by atomic mass is 10.1. The van der Waals surface area contributed by atoms with Gasteiger partial charge < -0.3 is 0 Å². The van der Waals surface area contributed by atoms with E-state index in [2.05, 4.69) is 45.0 Å². The van der Waals surface area contributed by atoms with Gasteiger partial charge in [-0.1, -0.05) is 35.9 Å². The van der Waals surface area contributed by atoms with E-state index in [0.717, 1.165) is 30.7 Å². The Bertz CT molecular complexity index is 1090. The van der Waals surface area contributed by atoms with E-state index in [0.29, 0.717) is 23.6 Å². The lowest BCUT2D eigenvalue weighted by Crippen LogP contribution is -2.26. The number of aromatic amines is 1. The number of nitrogens with one attached hydrogen (secondary N) is 2. The van der Waals surface area contributed by atoms with Gasteiger partial charge in [-0.05, 0) is 55.0 Å². The molecule has 0 bridgehead atoms. The summed E-state index contributed by atoms with van der Waals surface area (Å²) in [5, 5.41) is 7.15. The van der Waals surface area contributed by atoms with Crippen LogP contribution in [0.3, 0.4) is 0 Å². The van der Waals surface area contributed by atoms with Crippen LogP contribution in [0.5, 0.6) is 0 Å². The van der Waals surface area contributed by atoms with Crippen LogP contribution in [-0.2, 0) is 35.7 Å². The van der Waals surface area contributed by atoms with Crippen molar-refractivity contribution in [2.75, 3.05) is 6.54 Å². The Morgan fingerprint density at radius 2 is 1.96 bits per heavy atom.